The molecule has 0 spiro atoms. The molecule has 1 atom stereocenters. The van der Waals surface area contributed by atoms with Gasteiger partial charge in [-0.1, -0.05) is 6.92 Å². The van der Waals surface area contributed by atoms with E-state index in [1.54, 1.807) is 30.1 Å². The Morgan fingerprint density at radius 1 is 1.22 bits per heavy atom. The fraction of sp³-hybridized carbons (Fsp3) is 0.500. The Bertz CT molecular complexity index is 1260. The van der Waals surface area contributed by atoms with Crippen LogP contribution in [-0.4, -0.2) is 76.8 Å². The Morgan fingerprint density at radius 3 is 2.81 bits per heavy atom. The van der Waals surface area contributed by atoms with Crippen LogP contribution in [0.2, 0.25) is 0 Å². The van der Waals surface area contributed by atoms with Gasteiger partial charge in [-0.2, -0.15) is 0 Å². The number of aromatic nitrogens is 4. The molecule has 4 heterocycles. The highest BCUT2D eigenvalue weighted by Crippen LogP contribution is 2.22. The quantitative estimate of drug-likeness (QED) is 0.351. The molecule has 1 aliphatic heterocycles. The molecule has 37 heavy (non-hydrogen) atoms. The number of methoxy groups -OCH3 is 1. The van der Waals surface area contributed by atoms with Gasteiger partial charge in [0.2, 0.25) is 11.8 Å². The number of fused-ring (bicyclic) bond motifs is 1. The number of nitrogens with two attached hydrogens (primary N) is 1. The van der Waals surface area contributed by atoms with E-state index in [1.165, 1.54) is 0 Å². The lowest BCUT2D eigenvalue weighted by molar-refractivity contribution is -0.123. The van der Waals surface area contributed by atoms with Crippen LogP contribution in [0.1, 0.15) is 26.2 Å². The number of piperidine rings is 1. The lowest BCUT2D eigenvalue weighted by Crippen LogP contribution is -2.43. The number of carbonyl (C=O) groups excluding carboxylic acids is 1. The molecule has 4 rings (SSSR count). The predicted molar refractivity (Wildman–Crippen MR) is 142 cm³/mol. The number of hydrogen-bond donors (Lipinski definition) is 2. The van der Waals surface area contributed by atoms with Crippen LogP contribution in [0, 0.1) is 5.92 Å². The van der Waals surface area contributed by atoms with Crippen LogP contribution in [0.5, 0.6) is 5.88 Å². The van der Waals surface area contributed by atoms with Gasteiger partial charge in [0.15, 0.2) is 5.82 Å². The Hall–Kier alpha value is -3.57. The van der Waals surface area contributed by atoms with E-state index >= 15 is 0 Å². The molecular weight excluding hydrogens is 474 g/mol. The molecule has 1 unspecified atom stereocenters. The van der Waals surface area contributed by atoms with E-state index < -0.39 is 0 Å². The SMILES string of the molecule is CCCOCCn1c(=O)c(NCCN2CCCC(C(N)=O)C2)nc2cnc(-c3ccc(OC)nc3)cc21. The number of primary amides is 1. The highest BCUT2D eigenvalue weighted by atomic mass is 16.5. The van der Waals surface area contributed by atoms with Crippen LogP contribution in [0.4, 0.5) is 5.82 Å². The summed E-state index contributed by atoms with van der Waals surface area (Å²) in [5, 5.41) is 3.20. The molecule has 0 bridgehead atoms. The summed E-state index contributed by atoms with van der Waals surface area (Å²) in [7, 11) is 1.57. The molecule has 0 aromatic carbocycles. The number of rotatable bonds is 12. The number of pyridine rings is 2. The van der Waals surface area contributed by atoms with E-state index in [2.05, 4.69) is 25.2 Å². The van der Waals surface area contributed by atoms with Crippen molar-refractivity contribution in [3.05, 3.63) is 40.9 Å². The van der Waals surface area contributed by atoms with Crippen molar-refractivity contribution in [2.24, 2.45) is 11.7 Å². The van der Waals surface area contributed by atoms with E-state index in [-0.39, 0.29) is 23.2 Å². The number of hydrogen-bond acceptors (Lipinski definition) is 9. The first-order chi connectivity index (χ1) is 18.0. The second-order valence-electron chi connectivity index (χ2n) is 9.15. The van der Waals surface area contributed by atoms with E-state index in [0.29, 0.717) is 62.0 Å². The number of nitrogens with zero attached hydrogens (tertiary/aromatic N) is 5. The Balaban J connectivity index is 1.57. The van der Waals surface area contributed by atoms with Crippen LogP contribution in [0.15, 0.2) is 35.4 Å². The average molecular weight is 510 g/mol. The Kier molecular flexibility index (Phi) is 9.02. The molecule has 3 N–H and O–H groups in total. The van der Waals surface area contributed by atoms with Crippen molar-refractivity contribution in [1.82, 2.24) is 24.4 Å². The van der Waals surface area contributed by atoms with Gasteiger partial charge in [-0.05, 0) is 37.9 Å². The summed E-state index contributed by atoms with van der Waals surface area (Å²) in [6.45, 7) is 6.25. The molecule has 1 amide bonds. The molecule has 198 valence electrons. The standard InChI is InChI=1S/C26H35N7O4/c1-3-12-37-13-11-33-22-14-20(18-6-7-23(36-2)30-15-18)29-16-21(22)31-25(26(33)35)28-8-10-32-9-4-5-19(17-32)24(27)34/h6-7,14-16,19H,3-5,8-13,17H2,1-2H3,(H2,27,34)(H,28,31). The minimum absolute atomic E-state index is 0.117. The van der Waals surface area contributed by atoms with Gasteiger partial charge in [0.1, 0.15) is 5.52 Å². The third-order valence-electron chi connectivity index (χ3n) is 6.51. The number of anilines is 1. The molecule has 1 fully saturated rings. The van der Waals surface area contributed by atoms with Crippen LogP contribution in [0.25, 0.3) is 22.3 Å². The van der Waals surface area contributed by atoms with E-state index in [9.17, 15) is 9.59 Å². The normalized spacial score (nSPS) is 16.1. The van der Waals surface area contributed by atoms with Crippen molar-refractivity contribution in [2.45, 2.75) is 32.7 Å². The molecule has 1 saturated heterocycles. The maximum absolute atomic E-state index is 13.5. The number of nitrogens with one attached hydrogen (secondary N) is 1. The smallest absolute Gasteiger partial charge is 0.293 e. The minimum Gasteiger partial charge on any atom is -0.481 e. The first kappa shape index (κ1) is 26.5. The second kappa shape index (κ2) is 12.6. The maximum Gasteiger partial charge on any atom is 0.293 e. The first-order valence-corrected chi connectivity index (χ1v) is 12.7. The van der Waals surface area contributed by atoms with Crippen molar-refractivity contribution in [3.8, 4) is 17.1 Å². The zero-order valence-electron chi connectivity index (χ0n) is 21.5. The van der Waals surface area contributed by atoms with Crippen molar-refractivity contribution in [3.63, 3.8) is 0 Å². The van der Waals surface area contributed by atoms with E-state index in [4.69, 9.17) is 15.2 Å². The summed E-state index contributed by atoms with van der Waals surface area (Å²) < 4.78 is 12.5. The van der Waals surface area contributed by atoms with Gasteiger partial charge in [0.25, 0.3) is 5.56 Å². The van der Waals surface area contributed by atoms with Crippen LogP contribution >= 0.6 is 0 Å². The molecule has 0 aliphatic carbocycles. The van der Waals surface area contributed by atoms with Crippen molar-refractivity contribution in [1.29, 1.82) is 0 Å². The second-order valence-corrected chi connectivity index (χ2v) is 9.15. The highest BCUT2D eigenvalue weighted by molar-refractivity contribution is 5.80. The largest absolute Gasteiger partial charge is 0.481 e. The number of amides is 1. The van der Waals surface area contributed by atoms with Gasteiger partial charge < -0.3 is 30.0 Å². The van der Waals surface area contributed by atoms with Crippen molar-refractivity contribution >= 4 is 22.8 Å². The number of ether oxygens (including phenoxy) is 2. The molecule has 0 saturated carbocycles. The maximum atomic E-state index is 13.5. The van der Waals surface area contributed by atoms with E-state index in [0.717, 1.165) is 31.4 Å². The van der Waals surface area contributed by atoms with Crippen molar-refractivity contribution in [2.75, 3.05) is 51.8 Å². The highest BCUT2D eigenvalue weighted by Gasteiger charge is 2.23. The summed E-state index contributed by atoms with van der Waals surface area (Å²) in [6, 6.07) is 5.50. The lowest BCUT2D eigenvalue weighted by atomic mass is 9.97. The first-order valence-electron chi connectivity index (χ1n) is 12.7. The summed E-state index contributed by atoms with van der Waals surface area (Å²) >= 11 is 0. The number of likely N-dealkylation sites (tertiary alicyclic amines) is 1. The van der Waals surface area contributed by atoms with E-state index in [1.807, 2.05) is 19.1 Å². The van der Waals surface area contributed by atoms with Crippen LogP contribution in [-0.2, 0) is 16.1 Å². The third-order valence-corrected chi connectivity index (χ3v) is 6.51. The molecule has 11 nitrogen and oxygen atoms in total. The minimum atomic E-state index is -0.251. The molecule has 3 aromatic rings. The van der Waals surface area contributed by atoms with Crippen molar-refractivity contribution < 1.29 is 14.3 Å². The predicted octanol–water partition coefficient (Wildman–Crippen LogP) is 1.90. The zero-order chi connectivity index (χ0) is 26.2. The summed E-state index contributed by atoms with van der Waals surface area (Å²) in [5.74, 6) is 0.419. The summed E-state index contributed by atoms with van der Waals surface area (Å²) in [5.41, 5.74) is 8.05. The molecule has 0 radical (unpaired) electrons. The van der Waals surface area contributed by atoms with Gasteiger partial charge in [0.05, 0.1) is 37.0 Å². The molecule has 11 heteroatoms. The summed E-state index contributed by atoms with van der Waals surface area (Å²) in [4.78, 5) is 40.6. The van der Waals surface area contributed by atoms with Gasteiger partial charge in [-0.25, -0.2) is 9.97 Å². The monoisotopic (exact) mass is 509 g/mol. The van der Waals surface area contributed by atoms with Gasteiger partial charge in [-0.15, -0.1) is 0 Å². The van der Waals surface area contributed by atoms with Crippen LogP contribution < -0.4 is 21.3 Å². The zero-order valence-corrected chi connectivity index (χ0v) is 21.5. The molecular formula is C26H35N7O4. The third kappa shape index (κ3) is 6.60. The Morgan fingerprint density at radius 2 is 2.08 bits per heavy atom. The summed E-state index contributed by atoms with van der Waals surface area (Å²) in [6.07, 6.45) is 6.03. The van der Waals surface area contributed by atoms with Gasteiger partial charge >= 0.3 is 0 Å². The fourth-order valence-corrected chi connectivity index (χ4v) is 4.52. The molecule has 3 aromatic heterocycles. The number of carbonyl (C=O) groups is 1. The molecule has 1 aliphatic rings. The Labute approximate surface area is 216 Å². The fourth-order valence-electron chi connectivity index (χ4n) is 4.52. The van der Waals surface area contributed by atoms with Crippen LogP contribution in [0.3, 0.4) is 0 Å². The average Bonchev–Trinajstić information content (AvgIpc) is 2.92. The van der Waals surface area contributed by atoms with Gasteiger partial charge in [0, 0.05) is 50.6 Å². The lowest BCUT2D eigenvalue weighted by Gasteiger charge is -2.31. The van der Waals surface area contributed by atoms with Gasteiger partial charge in [-0.3, -0.25) is 14.6 Å². The topological polar surface area (TPSA) is 137 Å².